The lowest BCUT2D eigenvalue weighted by Gasteiger charge is -2.47. The van der Waals surface area contributed by atoms with Crippen LogP contribution in [0.1, 0.15) is 25.7 Å². The summed E-state index contributed by atoms with van der Waals surface area (Å²) in [5, 5.41) is 14.2. The molecule has 1 spiro atoms. The topological polar surface area (TPSA) is 103 Å². The largest absolute Gasteiger partial charge is 0.490 e. The fourth-order valence-electron chi connectivity index (χ4n) is 4.67. The van der Waals surface area contributed by atoms with Crippen molar-refractivity contribution in [3.63, 3.8) is 0 Å². The number of likely N-dealkylation sites (tertiary alicyclic amines) is 1. The lowest BCUT2D eigenvalue weighted by atomic mass is 9.75. The monoisotopic (exact) mass is 579 g/mol. The maximum Gasteiger partial charge on any atom is 0.490 e. The minimum absolute atomic E-state index is 0.0215. The molecule has 0 bridgehead atoms. The van der Waals surface area contributed by atoms with Crippen LogP contribution in [-0.4, -0.2) is 96.2 Å². The van der Waals surface area contributed by atoms with Gasteiger partial charge >= 0.3 is 24.3 Å². The van der Waals surface area contributed by atoms with Gasteiger partial charge in [0.2, 0.25) is 0 Å². The zero-order valence-electron chi connectivity index (χ0n) is 20.6. The van der Waals surface area contributed by atoms with Crippen molar-refractivity contribution in [1.82, 2.24) is 9.88 Å². The minimum atomic E-state index is -5.08. The summed E-state index contributed by atoms with van der Waals surface area (Å²) < 4.78 is 98.7. The Morgan fingerprint density at radius 3 is 2.00 bits per heavy atom. The van der Waals surface area contributed by atoms with Crippen molar-refractivity contribution in [1.29, 1.82) is 0 Å². The van der Waals surface area contributed by atoms with Crippen LogP contribution in [0.4, 0.5) is 40.9 Å². The van der Waals surface area contributed by atoms with E-state index < -0.39 is 35.6 Å². The molecule has 0 aromatic carbocycles. The number of anilines is 1. The zero-order valence-corrected chi connectivity index (χ0v) is 20.6. The Morgan fingerprint density at radius 1 is 0.949 bits per heavy atom. The Hall–Kier alpha value is -2.75. The van der Waals surface area contributed by atoms with Crippen LogP contribution < -0.4 is 4.90 Å². The lowest BCUT2D eigenvalue weighted by molar-refractivity contribution is -0.193. The van der Waals surface area contributed by atoms with E-state index in [4.69, 9.17) is 24.5 Å². The normalized spacial score (nSPS) is 23.8. The van der Waals surface area contributed by atoms with Gasteiger partial charge in [-0.25, -0.2) is 23.4 Å². The van der Waals surface area contributed by atoms with Crippen LogP contribution in [0.15, 0.2) is 24.4 Å². The van der Waals surface area contributed by atoms with Crippen LogP contribution in [-0.2, 0) is 14.3 Å². The number of piperidine rings is 1. The molecule has 0 aliphatic carbocycles. The molecule has 3 saturated heterocycles. The van der Waals surface area contributed by atoms with Crippen molar-refractivity contribution >= 4 is 17.8 Å². The van der Waals surface area contributed by atoms with Gasteiger partial charge in [0.05, 0.1) is 5.41 Å². The van der Waals surface area contributed by atoms with Gasteiger partial charge in [-0.3, -0.25) is 0 Å². The van der Waals surface area contributed by atoms with Crippen LogP contribution >= 0.6 is 0 Å². The first kappa shape index (κ1) is 32.5. The second-order valence-electron chi connectivity index (χ2n) is 9.49. The number of aromatic nitrogens is 1. The number of carboxylic acid groups (broad SMARTS) is 2. The number of alkyl halides is 8. The molecular formula is C23H29F8N3O5. The molecule has 0 amide bonds. The van der Waals surface area contributed by atoms with E-state index in [0.717, 1.165) is 38.4 Å². The molecule has 0 radical (unpaired) electrons. The second kappa shape index (κ2) is 13.1. The molecule has 4 rings (SSSR count). The molecule has 1 aromatic rings. The molecular weight excluding hydrogens is 550 g/mol. The number of carboxylic acids is 2. The van der Waals surface area contributed by atoms with Crippen molar-refractivity contribution in [3.8, 4) is 0 Å². The van der Waals surface area contributed by atoms with Gasteiger partial charge in [0, 0.05) is 58.6 Å². The van der Waals surface area contributed by atoms with E-state index in [1.165, 1.54) is 0 Å². The third-order valence-corrected chi connectivity index (χ3v) is 6.71. The summed E-state index contributed by atoms with van der Waals surface area (Å²) in [7, 11) is 0. The van der Waals surface area contributed by atoms with E-state index in [9.17, 15) is 35.1 Å². The maximum atomic E-state index is 14.9. The molecule has 16 heteroatoms. The summed E-state index contributed by atoms with van der Waals surface area (Å²) in [5.74, 6) is -6.70. The Bertz CT molecular complexity index is 918. The Balaban J connectivity index is 0.000000317. The van der Waals surface area contributed by atoms with Crippen LogP contribution in [0.5, 0.6) is 0 Å². The van der Waals surface area contributed by atoms with Gasteiger partial charge in [0.1, 0.15) is 5.82 Å². The highest BCUT2D eigenvalue weighted by atomic mass is 19.4. The molecule has 3 fully saturated rings. The number of pyridine rings is 1. The summed E-state index contributed by atoms with van der Waals surface area (Å²) in [5.41, 5.74) is -0.937. The highest BCUT2D eigenvalue weighted by Gasteiger charge is 2.59. The van der Waals surface area contributed by atoms with Crippen LogP contribution in [0.3, 0.4) is 0 Å². The van der Waals surface area contributed by atoms with Gasteiger partial charge in [-0.05, 0) is 37.3 Å². The van der Waals surface area contributed by atoms with Crippen molar-refractivity contribution in [2.75, 3.05) is 50.8 Å². The van der Waals surface area contributed by atoms with Gasteiger partial charge in [0.15, 0.2) is 0 Å². The summed E-state index contributed by atoms with van der Waals surface area (Å²) >= 11 is 0. The van der Waals surface area contributed by atoms with Crippen LogP contribution in [0, 0.1) is 11.3 Å². The highest BCUT2D eigenvalue weighted by Crippen LogP contribution is 2.50. The minimum Gasteiger partial charge on any atom is -0.475 e. The summed E-state index contributed by atoms with van der Waals surface area (Å²) in [4.78, 5) is 26.5. The number of carbonyl (C=O) groups is 2. The first-order valence-corrected chi connectivity index (χ1v) is 11.9. The fraction of sp³-hybridized carbons (Fsp3) is 0.696. The predicted octanol–water partition coefficient (Wildman–Crippen LogP) is 4.31. The molecule has 1 unspecified atom stereocenters. The van der Waals surface area contributed by atoms with Crippen molar-refractivity contribution in [2.24, 2.45) is 11.3 Å². The fourth-order valence-corrected chi connectivity index (χ4v) is 4.67. The van der Waals surface area contributed by atoms with E-state index in [0.29, 0.717) is 38.5 Å². The average molecular weight is 579 g/mol. The molecule has 4 heterocycles. The number of ether oxygens (including phenoxy) is 1. The van der Waals surface area contributed by atoms with Crippen molar-refractivity contribution in [3.05, 3.63) is 24.4 Å². The zero-order chi connectivity index (χ0) is 29.5. The lowest BCUT2D eigenvalue weighted by Crippen LogP contribution is -2.57. The van der Waals surface area contributed by atoms with Gasteiger partial charge in [-0.1, -0.05) is 6.07 Å². The third-order valence-electron chi connectivity index (χ3n) is 6.71. The number of aliphatic carboxylic acids is 2. The Morgan fingerprint density at radius 2 is 1.51 bits per heavy atom. The van der Waals surface area contributed by atoms with Crippen molar-refractivity contribution < 1.29 is 59.7 Å². The summed E-state index contributed by atoms with van der Waals surface area (Å²) in [6.45, 7) is 4.64. The standard InChI is InChI=1S/C19H27F2N3O.2C2HF3O2/c20-19(21)7-9-23(13-16-4-11-25-12-5-16)14-18(19)6-10-24(15-18)17-3-1-2-8-22-17;2*3-2(4,5)1(6)7/h1-3,8,16H,4-7,9-15H2;2*(H,6,7). The molecule has 1 aromatic heterocycles. The van der Waals surface area contributed by atoms with Gasteiger partial charge in [-0.15, -0.1) is 0 Å². The van der Waals surface area contributed by atoms with Crippen LogP contribution in [0.2, 0.25) is 0 Å². The molecule has 2 N–H and O–H groups in total. The van der Waals surface area contributed by atoms with Gasteiger partial charge < -0.3 is 24.7 Å². The summed E-state index contributed by atoms with van der Waals surface area (Å²) in [6, 6.07) is 5.70. The molecule has 3 aliphatic heterocycles. The second-order valence-corrected chi connectivity index (χ2v) is 9.49. The smallest absolute Gasteiger partial charge is 0.475 e. The van der Waals surface area contributed by atoms with E-state index >= 15 is 0 Å². The number of rotatable bonds is 3. The molecule has 1 atom stereocenters. The molecule has 222 valence electrons. The number of hydrogen-bond donors (Lipinski definition) is 2. The molecule has 8 nitrogen and oxygen atoms in total. The first-order valence-electron chi connectivity index (χ1n) is 11.9. The number of halogens is 8. The van der Waals surface area contributed by atoms with Gasteiger partial charge in [0.25, 0.3) is 5.92 Å². The van der Waals surface area contributed by atoms with E-state index in [2.05, 4.69) is 9.88 Å². The van der Waals surface area contributed by atoms with E-state index in [1.54, 1.807) is 6.20 Å². The van der Waals surface area contributed by atoms with Crippen molar-refractivity contribution in [2.45, 2.75) is 44.0 Å². The molecule has 0 saturated carbocycles. The third kappa shape index (κ3) is 9.44. The van der Waals surface area contributed by atoms with Crippen LogP contribution in [0.25, 0.3) is 0 Å². The Kier molecular flexibility index (Phi) is 10.9. The highest BCUT2D eigenvalue weighted by molar-refractivity contribution is 5.73. The predicted molar refractivity (Wildman–Crippen MR) is 120 cm³/mol. The Labute approximate surface area is 218 Å². The van der Waals surface area contributed by atoms with Gasteiger partial charge in [-0.2, -0.15) is 26.3 Å². The number of hydrogen-bond acceptors (Lipinski definition) is 6. The quantitative estimate of drug-likeness (QED) is 0.511. The molecule has 3 aliphatic rings. The molecule has 39 heavy (non-hydrogen) atoms. The van der Waals surface area contributed by atoms with E-state index in [1.807, 2.05) is 23.1 Å². The average Bonchev–Trinajstić information content (AvgIpc) is 3.28. The number of nitrogens with zero attached hydrogens (tertiary/aromatic N) is 3. The SMILES string of the molecule is FC1(F)CCN(CC2CCOCC2)CC12CCN(c1ccccn1)C2.O=C(O)C(F)(F)F.O=C(O)C(F)(F)F. The first-order chi connectivity index (χ1) is 18.0. The van der Waals surface area contributed by atoms with E-state index in [-0.39, 0.29) is 6.42 Å². The maximum absolute atomic E-state index is 14.9. The summed E-state index contributed by atoms with van der Waals surface area (Å²) in [6.07, 6.45) is -5.80.